The molecule has 4 aliphatic carbocycles. The Morgan fingerprint density at radius 3 is 2.68 bits per heavy atom. The van der Waals surface area contributed by atoms with E-state index in [1.54, 1.807) is 6.92 Å². The zero-order valence-electron chi connectivity index (χ0n) is 16.0. The highest BCUT2D eigenvalue weighted by Gasteiger charge is 2.56. The molecule has 0 aliphatic heterocycles. The molecule has 4 rings (SSSR count). The van der Waals surface area contributed by atoms with Crippen molar-refractivity contribution in [2.75, 3.05) is 0 Å². The summed E-state index contributed by atoms with van der Waals surface area (Å²) in [5.41, 5.74) is 4.50. The molecule has 0 N–H and O–H groups in total. The summed E-state index contributed by atoms with van der Waals surface area (Å²) in [7, 11) is 0. The average Bonchev–Trinajstić information content (AvgIpc) is 2.79. The standard InChI is InChI=1S/C23H30O2/c1-14-11-21-18-6-5-16-13-17(25)7-9-22(16,3)19(18)8-10-23(21,4)20(14)12-15(2)24/h5-6,13,18-19,21H,7-12H2,1-4H3. The minimum atomic E-state index is 0.159. The van der Waals surface area contributed by atoms with E-state index in [1.807, 2.05) is 6.08 Å². The molecule has 0 amide bonds. The van der Waals surface area contributed by atoms with Crippen LogP contribution >= 0.6 is 0 Å². The van der Waals surface area contributed by atoms with Crippen molar-refractivity contribution >= 4 is 11.6 Å². The average molecular weight is 338 g/mol. The van der Waals surface area contributed by atoms with Crippen molar-refractivity contribution in [3.63, 3.8) is 0 Å². The number of fused-ring (bicyclic) bond motifs is 5. The summed E-state index contributed by atoms with van der Waals surface area (Å²) in [6.45, 7) is 8.77. The summed E-state index contributed by atoms with van der Waals surface area (Å²) in [5.74, 6) is 2.42. The van der Waals surface area contributed by atoms with Gasteiger partial charge in [-0.15, -0.1) is 0 Å². The first-order valence-corrected chi connectivity index (χ1v) is 9.87. The number of Topliss-reactive ketones (excluding diaryl/α,β-unsaturated/α-hetero) is 1. The summed E-state index contributed by atoms with van der Waals surface area (Å²) in [5, 5.41) is 0. The largest absolute Gasteiger partial charge is 0.300 e. The molecule has 5 unspecified atom stereocenters. The molecule has 0 aromatic heterocycles. The molecule has 0 aromatic rings. The summed E-state index contributed by atoms with van der Waals surface area (Å²) in [6, 6.07) is 0. The molecule has 0 aromatic carbocycles. The van der Waals surface area contributed by atoms with Crippen molar-refractivity contribution in [1.29, 1.82) is 0 Å². The van der Waals surface area contributed by atoms with Crippen LogP contribution in [0.1, 0.15) is 66.2 Å². The van der Waals surface area contributed by atoms with Gasteiger partial charge < -0.3 is 0 Å². The molecule has 2 heteroatoms. The lowest BCUT2D eigenvalue weighted by Crippen LogP contribution is -2.48. The SMILES string of the molecule is CC(=O)CC1=C(C)CC2C3C=CC4=CC(=O)CCC4(C)C3CCC12C. The first kappa shape index (κ1) is 17.0. The topological polar surface area (TPSA) is 34.1 Å². The van der Waals surface area contributed by atoms with E-state index >= 15 is 0 Å². The molecule has 0 bridgehead atoms. The molecule has 2 nitrogen and oxygen atoms in total. The molecule has 1 fully saturated rings. The Hall–Kier alpha value is -1.44. The van der Waals surface area contributed by atoms with Gasteiger partial charge in [0.25, 0.3) is 0 Å². The van der Waals surface area contributed by atoms with Crippen LogP contribution in [0.2, 0.25) is 0 Å². The van der Waals surface area contributed by atoms with E-state index in [2.05, 4.69) is 32.9 Å². The van der Waals surface area contributed by atoms with E-state index in [-0.39, 0.29) is 10.8 Å². The Balaban J connectivity index is 1.71. The van der Waals surface area contributed by atoms with E-state index < -0.39 is 0 Å². The van der Waals surface area contributed by atoms with Gasteiger partial charge in [0.05, 0.1) is 0 Å². The smallest absolute Gasteiger partial charge is 0.156 e. The van der Waals surface area contributed by atoms with Gasteiger partial charge in [0.1, 0.15) is 5.78 Å². The summed E-state index contributed by atoms with van der Waals surface area (Å²) in [6.07, 6.45) is 12.4. The normalized spacial score (nSPS) is 42.6. The molecule has 4 aliphatic rings. The second-order valence-electron chi connectivity index (χ2n) is 9.43. The molecule has 25 heavy (non-hydrogen) atoms. The van der Waals surface area contributed by atoms with Crippen LogP contribution in [-0.4, -0.2) is 11.6 Å². The molecule has 0 radical (unpaired) electrons. The number of rotatable bonds is 2. The van der Waals surface area contributed by atoms with Crippen LogP contribution in [0.15, 0.2) is 34.9 Å². The van der Waals surface area contributed by atoms with E-state index in [4.69, 9.17) is 0 Å². The second-order valence-corrected chi connectivity index (χ2v) is 9.43. The monoisotopic (exact) mass is 338 g/mol. The number of hydrogen-bond acceptors (Lipinski definition) is 2. The summed E-state index contributed by atoms with van der Waals surface area (Å²) >= 11 is 0. The Kier molecular flexibility index (Phi) is 3.76. The van der Waals surface area contributed by atoms with Crippen LogP contribution in [0, 0.1) is 28.6 Å². The van der Waals surface area contributed by atoms with Crippen molar-refractivity contribution in [2.45, 2.75) is 66.2 Å². The highest BCUT2D eigenvalue weighted by molar-refractivity contribution is 5.92. The van der Waals surface area contributed by atoms with Crippen LogP contribution in [0.5, 0.6) is 0 Å². The predicted octanol–water partition coefficient (Wildman–Crippen LogP) is 5.20. The fraction of sp³-hybridized carbons (Fsp3) is 0.652. The molecular formula is C23H30O2. The molecule has 0 spiro atoms. The van der Waals surface area contributed by atoms with Crippen molar-refractivity contribution in [2.24, 2.45) is 28.6 Å². The Labute approximate surface area is 151 Å². The van der Waals surface area contributed by atoms with Crippen LogP contribution in [0.3, 0.4) is 0 Å². The van der Waals surface area contributed by atoms with Gasteiger partial charge >= 0.3 is 0 Å². The predicted molar refractivity (Wildman–Crippen MR) is 100.0 cm³/mol. The molecule has 0 saturated heterocycles. The van der Waals surface area contributed by atoms with Gasteiger partial charge in [-0.25, -0.2) is 0 Å². The molecule has 0 heterocycles. The van der Waals surface area contributed by atoms with Crippen LogP contribution < -0.4 is 0 Å². The number of hydrogen-bond donors (Lipinski definition) is 0. The van der Waals surface area contributed by atoms with E-state index in [1.165, 1.54) is 29.6 Å². The Morgan fingerprint density at radius 2 is 1.96 bits per heavy atom. The highest BCUT2D eigenvalue weighted by Crippen LogP contribution is 2.65. The van der Waals surface area contributed by atoms with Gasteiger partial charge in [-0.1, -0.05) is 37.1 Å². The lowest BCUT2D eigenvalue weighted by molar-refractivity contribution is -0.117. The fourth-order valence-corrected chi connectivity index (χ4v) is 6.62. The zero-order chi connectivity index (χ0) is 18.0. The van der Waals surface area contributed by atoms with Gasteiger partial charge in [-0.2, -0.15) is 0 Å². The second kappa shape index (κ2) is 5.53. The number of carbonyl (C=O) groups is 2. The van der Waals surface area contributed by atoms with Crippen LogP contribution in [0.25, 0.3) is 0 Å². The third kappa shape index (κ3) is 2.36. The van der Waals surface area contributed by atoms with Gasteiger partial charge in [-0.05, 0) is 79.8 Å². The summed E-state index contributed by atoms with van der Waals surface area (Å²) < 4.78 is 0. The van der Waals surface area contributed by atoms with E-state index in [0.29, 0.717) is 42.2 Å². The number of carbonyl (C=O) groups excluding carboxylic acids is 2. The van der Waals surface area contributed by atoms with Crippen molar-refractivity contribution < 1.29 is 9.59 Å². The van der Waals surface area contributed by atoms with Gasteiger partial charge in [0.2, 0.25) is 0 Å². The van der Waals surface area contributed by atoms with Gasteiger partial charge in [0.15, 0.2) is 5.78 Å². The van der Waals surface area contributed by atoms with Gasteiger partial charge in [-0.3, -0.25) is 9.59 Å². The maximum atomic E-state index is 11.9. The minimum absolute atomic E-state index is 0.159. The van der Waals surface area contributed by atoms with Gasteiger partial charge in [0, 0.05) is 12.8 Å². The lowest BCUT2D eigenvalue weighted by Gasteiger charge is -2.55. The first-order valence-electron chi connectivity index (χ1n) is 9.87. The maximum Gasteiger partial charge on any atom is 0.156 e. The Morgan fingerprint density at radius 1 is 1.20 bits per heavy atom. The molecule has 134 valence electrons. The first-order chi connectivity index (χ1) is 11.8. The van der Waals surface area contributed by atoms with E-state index in [0.717, 1.165) is 12.8 Å². The zero-order valence-corrected chi connectivity index (χ0v) is 16.0. The summed E-state index contributed by atoms with van der Waals surface area (Å²) in [4.78, 5) is 23.7. The molecular weight excluding hydrogens is 308 g/mol. The third-order valence-electron chi connectivity index (χ3n) is 8.06. The number of ketones is 2. The van der Waals surface area contributed by atoms with E-state index in [9.17, 15) is 9.59 Å². The molecule has 1 saturated carbocycles. The quantitative estimate of drug-likeness (QED) is 0.649. The van der Waals surface area contributed by atoms with Crippen LogP contribution in [0.4, 0.5) is 0 Å². The minimum Gasteiger partial charge on any atom is -0.300 e. The molecule has 5 atom stereocenters. The Bertz CT molecular complexity index is 737. The fourth-order valence-electron chi connectivity index (χ4n) is 6.62. The lowest BCUT2D eigenvalue weighted by atomic mass is 9.48. The number of allylic oxidation sites excluding steroid dienone is 6. The third-order valence-corrected chi connectivity index (χ3v) is 8.06. The van der Waals surface area contributed by atoms with Crippen LogP contribution in [-0.2, 0) is 9.59 Å². The highest BCUT2D eigenvalue weighted by atomic mass is 16.1. The maximum absolute atomic E-state index is 11.9. The van der Waals surface area contributed by atoms with Crippen molar-refractivity contribution in [1.82, 2.24) is 0 Å². The van der Waals surface area contributed by atoms with Crippen molar-refractivity contribution in [3.8, 4) is 0 Å². The van der Waals surface area contributed by atoms with Crippen molar-refractivity contribution in [3.05, 3.63) is 34.9 Å².